The van der Waals surface area contributed by atoms with E-state index < -0.39 is 0 Å². The van der Waals surface area contributed by atoms with Crippen LogP contribution in [0.25, 0.3) is 10.9 Å². The maximum absolute atomic E-state index is 12.9. The number of hydrogen-bond acceptors (Lipinski definition) is 3. The van der Waals surface area contributed by atoms with Crippen LogP contribution in [0.2, 0.25) is 5.02 Å². The number of H-pyrrole nitrogens is 1. The minimum absolute atomic E-state index is 0.101. The van der Waals surface area contributed by atoms with E-state index in [0.29, 0.717) is 17.3 Å². The third kappa shape index (κ3) is 4.15. The van der Waals surface area contributed by atoms with Crippen LogP contribution in [0.1, 0.15) is 28.9 Å². The summed E-state index contributed by atoms with van der Waals surface area (Å²) in [6, 6.07) is 13.9. The Bertz CT molecular complexity index is 962. The number of rotatable bonds is 5. The van der Waals surface area contributed by atoms with E-state index in [1.54, 1.807) is 11.8 Å². The van der Waals surface area contributed by atoms with Gasteiger partial charge in [0.15, 0.2) is 0 Å². The Kier molecular flexibility index (Phi) is 5.43. The first-order valence-electron chi connectivity index (χ1n) is 9.06. The van der Waals surface area contributed by atoms with Crippen molar-refractivity contribution in [2.45, 2.75) is 35.7 Å². The molecule has 1 amide bonds. The van der Waals surface area contributed by atoms with Crippen LogP contribution in [-0.2, 0) is 4.74 Å². The molecule has 4 rings (SSSR count). The molecule has 27 heavy (non-hydrogen) atoms. The van der Waals surface area contributed by atoms with Gasteiger partial charge in [-0.15, -0.1) is 0 Å². The number of ether oxygens (including phenoxy) is 1. The first-order valence-corrected chi connectivity index (χ1v) is 10.2. The molecule has 2 aromatic carbocycles. The van der Waals surface area contributed by atoms with Crippen LogP contribution in [0.15, 0.2) is 52.3 Å². The molecule has 3 aromatic rings. The fourth-order valence-corrected chi connectivity index (χ4v) is 4.44. The Morgan fingerprint density at radius 3 is 2.85 bits per heavy atom. The van der Waals surface area contributed by atoms with Crippen molar-refractivity contribution in [1.82, 2.24) is 10.3 Å². The number of carbonyl (C=O) groups is 1. The van der Waals surface area contributed by atoms with Crippen molar-refractivity contribution in [3.8, 4) is 0 Å². The summed E-state index contributed by atoms with van der Waals surface area (Å²) in [5.41, 5.74) is 2.71. The molecule has 1 aliphatic rings. The molecule has 140 valence electrons. The third-order valence-electron chi connectivity index (χ3n) is 4.68. The average Bonchev–Trinajstić information content (AvgIpc) is 3.29. The average molecular weight is 401 g/mol. The molecule has 6 heteroatoms. The maximum atomic E-state index is 12.9. The predicted molar refractivity (Wildman–Crippen MR) is 110 cm³/mol. The fourth-order valence-electron chi connectivity index (χ4n) is 3.27. The van der Waals surface area contributed by atoms with Gasteiger partial charge >= 0.3 is 0 Å². The molecule has 1 atom stereocenters. The van der Waals surface area contributed by atoms with Crippen molar-refractivity contribution in [2.24, 2.45) is 0 Å². The van der Waals surface area contributed by atoms with E-state index in [9.17, 15) is 4.79 Å². The first kappa shape index (κ1) is 18.4. The molecule has 1 fully saturated rings. The summed E-state index contributed by atoms with van der Waals surface area (Å²) in [4.78, 5) is 18.2. The number of carbonyl (C=O) groups excluding carboxylic acids is 1. The van der Waals surface area contributed by atoms with Gasteiger partial charge in [0.1, 0.15) is 5.69 Å². The summed E-state index contributed by atoms with van der Waals surface area (Å²) >= 11 is 7.57. The lowest BCUT2D eigenvalue weighted by molar-refractivity contribution is 0.0852. The monoisotopic (exact) mass is 400 g/mol. The van der Waals surface area contributed by atoms with Crippen LogP contribution in [0.3, 0.4) is 0 Å². The summed E-state index contributed by atoms with van der Waals surface area (Å²) in [5.74, 6) is -0.101. The van der Waals surface area contributed by atoms with Crippen LogP contribution in [0, 0.1) is 6.92 Å². The Hall–Kier alpha value is -1.95. The Morgan fingerprint density at radius 2 is 2.11 bits per heavy atom. The van der Waals surface area contributed by atoms with E-state index in [4.69, 9.17) is 16.3 Å². The van der Waals surface area contributed by atoms with E-state index in [1.807, 2.05) is 31.2 Å². The van der Waals surface area contributed by atoms with Gasteiger partial charge in [0.05, 0.1) is 11.0 Å². The molecule has 0 aliphatic carbocycles. The molecular formula is C21H21ClN2O2S. The highest BCUT2D eigenvalue weighted by atomic mass is 35.5. The van der Waals surface area contributed by atoms with E-state index in [0.717, 1.165) is 45.7 Å². The fraction of sp³-hybridized carbons (Fsp3) is 0.286. The van der Waals surface area contributed by atoms with Gasteiger partial charge in [0.25, 0.3) is 5.91 Å². The highest BCUT2D eigenvalue weighted by Crippen LogP contribution is 2.37. The van der Waals surface area contributed by atoms with E-state index in [-0.39, 0.29) is 12.0 Å². The minimum atomic E-state index is -0.101. The van der Waals surface area contributed by atoms with E-state index in [2.05, 4.69) is 28.5 Å². The second-order valence-corrected chi connectivity index (χ2v) is 8.30. The first-order chi connectivity index (χ1) is 13.1. The van der Waals surface area contributed by atoms with Gasteiger partial charge in [0, 0.05) is 34.0 Å². The molecule has 0 spiro atoms. The van der Waals surface area contributed by atoms with Crippen LogP contribution in [0.4, 0.5) is 0 Å². The van der Waals surface area contributed by atoms with Crippen LogP contribution in [-0.4, -0.2) is 30.1 Å². The van der Waals surface area contributed by atoms with Gasteiger partial charge in [-0.1, -0.05) is 35.5 Å². The molecule has 1 aromatic heterocycles. The van der Waals surface area contributed by atoms with E-state index in [1.165, 1.54) is 0 Å². The number of amides is 1. The molecule has 0 unspecified atom stereocenters. The highest BCUT2D eigenvalue weighted by molar-refractivity contribution is 7.99. The largest absolute Gasteiger partial charge is 0.376 e. The third-order valence-corrected chi connectivity index (χ3v) is 6.07. The number of aryl methyl sites for hydroxylation is 1. The predicted octanol–water partition coefficient (Wildman–Crippen LogP) is 5.19. The Labute approximate surface area is 167 Å². The summed E-state index contributed by atoms with van der Waals surface area (Å²) < 4.78 is 5.61. The number of benzene rings is 2. The van der Waals surface area contributed by atoms with E-state index >= 15 is 0 Å². The lowest BCUT2D eigenvalue weighted by Crippen LogP contribution is -2.32. The lowest BCUT2D eigenvalue weighted by atomic mass is 10.2. The molecular weight excluding hydrogens is 380 g/mol. The normalized spacial score (nSPS) is 16.7. The zero-order chi connectivity index (χ0) is 18.8. The smallest absolute Gasteiger partial charge is 0.269 e. The zero-order valence-electron chi connectivity index (χ0n) is 15.0. The van der Waals surface area contributed by atoms with Gasteiger partial charge in [0.2, 0.25) is 0 Å². The van der Waals surface area contributed by atoms with Crippen molar-refractivity contribution >= 4 is 40.2 Å². The molecule has 1 saturated heterocycles. The standard InChI is InChI=1S/C21H21ClN2O2S/c1-13-4-9-17-18(11-13)24-19(21(25)23-12-15-3-2-10-26-15)20(17)27-16-7-5-14(22)6-8-16/h4-9,11,15,24H,2-3,10,12H2,1H3,(H,23,25)/t15-/m1/s1. The number of hydrogen-bond donors (Lipinski definition) is 2. The van der Waals surface area contributed by atoms with Crippen LogP contribution < -0.4 is 5.32 Å². The van der Waals surface area contributed by atoms with Crippen molar-refractivity contribution in [3.63, 3.8) is 0 Å². The second-order valence-electron chi connectivity index (χ2n) is 6.78. The number of fused-ring (bicyclic) bond motifs is 1. The lowest BCUT2D eigenvalue weighted by Gasteiger charge is -2.11. The summed E-state index contributed by atoms with van der Waals surface area (Å²) in [5, 5.41) is 4.76. The minimum Gasteiger partial charge on any atom is -0.376 e. The number of halogens is 1. The molecule has 2 N–H and O–H groups in total. The van der Waals surface area contributed by atoms with Crippen LogP contribution in [0.5, 0.6) is 0 Å². The van der Waals surface area contributed by atoms with Gasteiger partial charge in [-0.2, -0.15) is 0 Å². The quantitative estimate of drug-likeness (QED) is 0.619. The number of aromatic nitrogens is 1. The molecule has 0 saturated carbocycles. The maximum Gasteiger partial charge on any atom is 0.269 e. The highest BCUT2D eigenvalue weighted by Gasteiger charge is 2.21. The van der Waals surface area contributed by atoms with Gasteiger partial charge in [-0.05, 0) is 55.7 Å². The van der Waals surface area contributed by atoms with Crippen LogP contribution >= 0.6 is 23.4 Å². The van der Waals surface area contributed by atoms with Crippen molar-refractivity contribution in [2.75, 3.05) is 13.2 Å². The van der Waals surface area contributed by atoms with Crippen molar-refractivity contribution in [1.29, 1.82) is 0 Å². The summed E-state index contributed by atoms with van der Waals surface area (Å²) in [7, 11) is 0. The molecule has 2 heterocycles. The molecule has 0 bridgehead atoms. The zero-order valence-corrected chi connectivity index (χ0v) is 16.6. The second kappa shape index (κ2) is 7.97. The summed E-state index contributed by atoms with van der Waals surface area (Å²) in [6.07, 6.45) is 2.18. The van der Waals surface area contributed by atoms with Crippen molar-refractivity contribution < 1.29 is 9.53 Å². The van der Waals surface area contributed by atoms with Gasteiger partial charge in [-0.25, -0.2) is 0 Å². The Balaban J connectivity index is 1.65. The molecule has 4 nitrogen and oxygen atoms in total. The number of nitrogens with one attached hydrogen (secondary N) is 2. The molecule has 1 aliphatic heterocycles. The topological polar surface area (TPSA) is 54.1 Å². The van der Waals surface area contributed by atoms with Crippen molar-refractivity contribution in [3.05, 3.63) is 58.7 Å². The number of aromatic amines is 1. The van der Waals surface area contributed by atoms with Gasteiger partial charge < -0.3 is 15.0 Å². The Morgan fingerprint density at radius 1 is 1.30 bits per heavy atom. The molecule has 0 radical (unpaired) electrons. The SMILES string of the molecule is Cc1ccc2c(Sc3ccc(Cl)cc3)c(C(=O)NC[C@H]3CCCO3)[nH]c2c1. The summed E-state index contributed by atoms with van der Waals surface area (Å²) in [6.45, 7) is 3.37. The van der Waals surface area contributed by atoms with Gasteiger partial charge in [-0.3, -0.25) is 4.79 Å².